The number of anilines is 1. The molecule has 0 saturated carbocycles. The van der Waals surface area contributed by atoms with Crippen molar-refractivity contribution in [3.8, 4) is 5.75 Å². The molecule has 11 heteroatoms. The summed E-state index contributed by atoms with van der Waals surface area (Å²) in [7, 11) is -3.68. The number of piperazine rings is 1. The number of hydrogen-bond donors (Lipinski definition) is 2. The number of carbonyl (C=O) groups is 1. The molecule has 194 valence electrons. The Labute approximate surface area is 219 Å². The van der Waals surface area contributed by atoms with Gasteiger partial charge in [0.05, 0.1) is 10.5 Å². The highest BCUT2D eigenvalue weighted by Crippen LogP contribution is 2.45. The third-order valence-corrected chi connectivity index (χ3v) is 9.02. The summed E-state index contributed by atoms with van der Waals surface area (Å²) in [6.45, 7) is 1.36. The second-order valence-electron chi connectivity index (χ2n) is 9.24. The number of benzene rings is 2. The molecule has 10 nitrogen and oxygen atoms in total. The van der Waals surface area contributed by atoms with Crippen LogP contribution in [0.2, 0.25) is 0 Å². The van der Waals surface area contributed by atoms with E-state index in [9.17, 15) is 13.2 Å². The molecule has 2 aliphatic heterocycles. The van der Waals surface area contributed by atoms with Crippen LogP contribution in [0.25, 0.3) is 5.57 Å². The fourth-order valence-electron chi connectivity index (χ4n) is 5.10. The summed E-state index contributed by atoms with van der Waals surface area (Å²) in [5.41, 5.74) is 4.77. The summed E-state index contributed by atoms with van der Waals surface area (Å²) < 4.78 is 34.4. The van der Waals surface area contributed by atoms with Gasteiger partial charge < -0.3 is 9.64 Å². The van der Waals surface area contributed by atoms with E-state index in [4.69, 9.17) is 9.94 Å². The number of fused-ring (bicyclic) bond motifs is 3. The van der Waals surface area contributed by atoms with Gasteiger partial charge in [0.2, 0.25) is 16.0 Å². The van der Waals surface area contributed by atoms with Crippen molar-refractivity contribution >= 4 is 27.5 Å². The molecule has 0 bridgehead atoms. The van der Waals surface area contributed by atoms with Gasteiger partial charge >= 0.3 is 0 Å². The van der Waals surface area contributed by atoms with E-state index in [1.165, 1.54) is 22.2 Å². The molecule has 2 aromatic carbocycles. The van der Waals surface area contributed by atoms with Crippen molar-refractivity contribution in [3.05, 3.63) is 95.8 Å². The predicted molar refractivity (Wildman–Crippen MR) is 139 cm³/mol. The minimum absolute atomic E-state index is 0.125. The first-order chi connectivity index (χ1) is 18.5. The van der Waals surface area contributed by atoms with Gasteiger partial charge in [0.25, 0.3) is 5.91 Å². The highest BCUT2D eigenvalue weighted by molar-refractivity contribution is 7.89. The fraction of sp³-hybridized carbons (Fsp3) is 0.222. The lowest BCUT2D eigenvalue weighted by Crippen LogP contribution is -2.49. The van der Waals surface area contributed by atoms with Crippen molar-refractivity contribution in [2.75, 3.05) is 31.1 Å². The molecule has 3 aromatic rings. The summed E-state index contributed by atoms with van der Waals surface area (Å²) >= 11 is 0. The molecule has 0 radical (unpaired) electrons. The maximum atomic E-state index is 13.4. The monoisotopic (exact) mass is 531 g/mol. The first kappa shape index (κ1) is 24.3. The van der Waals surface area contributed by atoms with E-state index in [0.717, 1.165) is 22.4 Å². The van der Waals surface area contributed by atoms with Crippen molar-refractivity contribution in [1.82, 2.24) is 19.8 Å². The van der Waals surface area contributed by atoms with Crippen molar-refractivity contribution in [3.63, 3.8) is 0 Å². The van der Waals surface area contributed by atoms with Crippen LogP contribution < -0.4 is 15.1 Å². The fourth-order valence-corrected chi connectivity index (χ4v) is 6.52. The number of aromatic nitrogens is 2. The SMILES string of the molecule is O=C(NO)c1cnc(N2CCN(S(=O)(=O)c3ccc(C4=CC=CC5c6ccccc6OC45)cc3)CC2)nc1. The highest BCUT2D eigenvalue weighted by Gasteiger charge is 2.37. The quantitative estimate of drug-likeness (QED) is 0.380. The molecule has 6 rings (SSSR count). The number of para-hydroxylation sites is 1. The number of sulfonamides is 1. The van der Waals surface area contributed by atoms with Gasteiger partial charge in [0.1, 0.15) is 11.9 Å². The molecule has 0 spiro atoms. The van der Waals surface area contributed by atoms with Crippen LogP contribution in [0, 0.1) is 0 Å². The molecule has 1 aromatic heterocycles. The highest BCUT2D eigenvalue weighted by atomic mass is 32.2. The summed E-state index contributed by atoms with van der Waals surface area (Å²) in [6, 6.07) is 15.0. The molecule has 1 fully saturated rings. The Hall–Kier alpha value is -4.06. The van der Waals surface area contributed by atoms with Crippen LogP contribution in [-0.4, -0.2) is 66.1 Å². The van der Waals surface area contributed by atoms with Gasteiger partial charge in [-0.25, -0.2) is 23.9 Å². The number of ether oxygens (including phenoxy) is 1. The first-order valence-electron chi connectivity index (χ1n) is 12.2. The van der Waals surface area contributed by atoms with Crippen LogP contribution >= 0.6 is 0 Å². The number of nitrogens with one attached hydrogen (secondary N) is 1. The summed E-state index contributed by atoms with van der Waals surface area (Å²) in [4.78, 5) is 21.9. The molecule has 2 N–H and O–H groups in total. The van der Waals surface area contributed by atoms with Crippen LogP contribution in [0.3, 0.4) is 0 Å². The van der Waals surface area contributed by atoms with E-state index in [-0.39, 0.29) is 35.6 Å². The van der Waals surface area contributed by atoms with Crippen LogP contribution in [0.4, 0.5) is 5.95 Å². The van der Waals surface area contributed by atoms with E-state index in [2.05, 4.69) is 22.1 Å². The number of hydroxylamine groups is 1. The molecule has 1 aliphatic carbocycles. The van der Waals surface area contributed by atoms with Gasteiger partial charge in [-0.3, -0.25) is 10.0 Å². The van der Waals surface area contributed by atoms with E-state index < -0.39 is 15.9 Å². The van der Waals surface area contributed by atoms with E-state index in [0.29, 0.717) is 19.0 Å². The largest absolute Gasteiger partial charge is 0.484 e. The number of allylic oxidation sites excluding steroid dienone is 2. The average Bonchev–Trinajstić information content (AvgIpc) is 3.36. The van der Waals surface area contributed by atoms with Gasteiger partial charge in [0.15, 0.2) is 0 Å². The maximum Gasteiger partial charge on any atom is 0.277 e. The van der Waals surface area contributed by atoms with Crippen molar-refractivity contribution in [1.29, 1.82) is 0 Å². The summed E-state index contributed by atoms with van der Waals surface area (Å²) in [5.74, 6) is 0.717. The molecule has 3 aliphatic rings. The average molecular weight is 532 g/mol. The minimum atomic E-state index is -3.68. The third kappa shape index (κ3) is 4.24. The zero-order valence-corrected chi connectivity index (χ0v) is 21.1. The Balaban J connectivity index is 1.13. The number of hydrogen-bond acceptors (Lipinski definition) is 8. The van der Waals surface area contributed by atoms with E-state index >= 15 is 0 Å². The lowest BCUT2D eigenvalue weighted by atomic mass is 9.84. The summed E-state index contributed by atoms with van der Waals surface area (Å²) in [5, 5.41) is 8.72. The number of carbonyl (C=O) groups excluding carboxylic acids is 1. The maximum absolute atomic E-state index is 13.4. The third-order valence-electron chi connectivity index (χ3n) is 7.11. The number of nitrogens with zero attached hydrogens (tertiary/aromatic N) is 4. The Morgan fingerprint density at radius 1 is 1.00 bits per heavy atom. The Kier molecular flexibility index (Phi) is 6.18. The predicted octanol–water partition coefficient (Wildman–Crippen LogP) is 2.60. The molecule has 2 unspecified atom stereocenters. The Morgan fingerprint density at radius 3 is 2.42 bits per heavy atom. The van der Waals surface area contributed by atoms with Gasteiger partial charge in [-0.2, -0.15) is 4.31 Å². The van der Waals surface area contributed by atoms with Crippen LogP contribution in [0.1, 0.15) is 27.4 Å². The number of amides is 1. The summed E-state index contributed by atoms with van der Waals surface area (Å²) in [6.07, 6.45) is 8.69. The van der Waals surface area contributed by atoms with Crippen LogP contribution in [-0.2, 0) is 10.0 Å². The van der Waals surface area contributed by atoms with Gasteiger partial charge in [-0.05, 0) is 23.8 Å². The Bertz CT molecular complexity index is 1530. The second kappa shape index (κ2) is 9.67. The van der Waals surface area contributed by atoms with Gasteiger partial charge in [0, 0.05) is 55.6 Å². The molecule has 1 amide bonds. The lowest BCUT2D eigenvalue weighted by Gasteiger charge is -2.34. The lowest BCUT2D eigenvalue weighted by molar-refractivity contribution is 0.0705. The molecule has 1 saturated heterocycles. The molecule has 3 heterocycles. The Morgan fingerprint density at radius 2 is 1.71 bits per heavy atom. The molecule has 2 atom stereocenters. The smallest absolute Gasteiger partial charge is 0.277 e. The first-order valence-corrected chi connectivity index (χ1v) is 13.7. The van der Waals surface area contributed by atoms with Gasteiger partial charge in [-0.15, -0.1) is 0 Å². The zero-order chi connectivity index (χ0) is 26.3. The van der Waals surface area contributed by atoms with Gasteiger partial charge in [-0.1, -0.05) is 48.6 Å². The van der Waals surface area contributed by atoms with Crippen molar-refractivity contribution in [2.24, 2.45) is 0 Å². The van der Waals surface area contributed by atoms with Crippen LogP contribution in [0.5, 0.6) is 5.75 Å². The minimum Gasteiger partial charge on any atom is -0.484 e. The van der Waals surface area contributed by atoms with E-state index in [1.807, 2.05) is 47.4 Å². The van der Waals surface area contributed by atoms with Crippen molar-refractivity contribution < 1.29 is 23.2 Å². The molecular weight excluding hydrogens is 506 g/mol. The normalized spacial score (nSPS) is 20.8. The zero-order valence-electron chi connectivity index (χ0n) is 20.3. The molecule has 38 heavy (non-hydrogen) atoms. The van der Waals surface area contributed by atoms with Crippen molar-refractivity contribution in [2.45, 2.75) is 16.9 Å². The second-order valence-corrected chi connectivity index (χ2v) is 11.2. The molecular formula is C27H25N5O5S. The van der Waals surface area contributed by atoms with E-state index in [1.54, 1.807) is 12.1 Å². The topological polar surface area (TPSA) is 125 Å². The number of rotatable bonds is 5. The standard InChI is InChI=1S/C27H25N5O5S/c33-26(30-34)19-16-28-27(29-17-19)31-12-14-32(15-13-31)38(35,36)20-10-8-18(9-11-20)21-5-3-6-23-22-4-1-2-7-24(22)37-25(21)23/h1-11,16-17,23,25,34H,12-15H2,(H,30,33). The van der Waals surface area contributed by atoms with Crippen LogP contribution in [0.15, 0.2) is 84.0 Å².